The summed E-state index contributed by atoms with van der Waals surface area (Å²) in [7, 11) is 4.19. The molecule has 1 fully saturated rings. The first-order valence-electron chi connectivity index (χ1n) is 8.08. The first-order valence-corrected chi connectivity index (χ1v) is 8.45. The summed E-state index contributed by atoms with van der Waals surface area (Å²) in [6.07, 6.45) is 1.17. The van der Waals surface area contributed by atoms with Crippen LogP contribution in [0.2, 0.25) is 5.02 Å². The van der Waals surface area contributed by atoms with E-state index in [1.165, 1.54) is 6.42 Å². The molecule has 23 heavy (non-hydrogen) atoms. The first-order chi connectivity index (χ1) is 11.0. The van der Waals surface area contributed by atoms with E-state index in [4.69, 9.17) is 16.3 Å². The molecule has 0 saturated carbocycles. The SMILES string of the molecule is CN(C)CCCN1CCN(C(=O)COc2ccc(Cl)cc2)CC1. The lowest BCUT2D eigenvalue weighted by Gasteiger charge is -2.34. The summed E-state index contributed by atoms with van der Waals surface area (Å²) < 4.78 is 5.53. The van der Waals surface area contributed by atoms with Gasteiger partial charge in [0.2, 0.25) is 0 Å². The molecule has 0 spiro atoms. The Morgan fingerprint density at radius 2 is 1.83 bits per heavy atom. The van der Waals surface area contributed by atoms with Crippen molar-refractivity contribution in [3.63, 3.8) is 0 Å². The van der Waals surface area contributed by atoms with Crippen molar-refractivity contribution in [2.75, 3.05) is 60.0 Å². The average molecular weight is 340 g/mol. The summed E-state index contributed by atoms with van der Waals surface area (Å²) in [6, 6.07) is 7.07. The minimum Gasteiger partial charge on any atom is -0.484 e. The van der Waals surface area contributed by atoms with E-state index in [9.17, 15) is 4.79 Å². The number of carbonyl (C=O) groups is 1. The molecular weight excluding hydrogens is 314 g/mol. The van der Waals surface area contributed by atoms with Crippen molar-refractivity contribution in [1.82, 2.24) is 14.7 Å². The second-order valence-corrected chi connectivity index (χ2v) is 6.56. The van der Waals surface area contributed by atoms with Gasteiger partial charge in [-0.15, -0.1) is 0 Å². The summed E-state index contributed by atoms with van der Waals surface area (Å²) in [5.74, 6) is 0.720. The Bertz CT molecular complexity index is 485. The predicted octanol–water partition coefficient (Wildman–Crippen LogP) is 1.81. The van der Waals surface area contributed by atoms with Crippen molar-refractivity contribution in [2.45, 2.75) is 6.42 Å². The normalized spacial score (nSPS) is 15.9. The van der Waals surface area contributed by atoms with Gasteiger partial charge >= 0.3 is 0 Å². The number of halogens is 1. The summed E-state index contributed by atoms with van der Waals surface area (Å²) in [4.78, 5) is 18.7. The average Bonchev–Trinajstić information content (AvgIpc) is 2.54. The lowest BCUT2D eigenvalue weighted by atomic mass is 10.3. The van der Waals surface area contributed by atoms with Gasteiger partial charge in [0, 0.05) is 31.2 Å². The highest BCUT2D eigenvalue weighted by atomic mass is 35.5. The van der Waals surface area contributed by atoms with E-state index >= 15 is 0 Å². The smallest absolute Gasteiger partial charge is 0.260 e. The number of rotatable bonds is 7. The maximum atomic E-state index is 12.2. The molecule has 2 rings (SSSR count). The quantitative estimate of drug-likeness (QED) is 0.759. The number of benzene rings is 1. The van der Waals surface area contributed by atoms with Gasteiger partial charge < -0.3 is 14.5 Å². The van der Waals surface area contributed by atoms with Gasteiger partial charge in [0.15, 0.2) is 6.61 Å². The lowest BCUT2D eigenvalue weighted by molar-refractivity contribution is -0.135. The predicted molar refractivity (Wildman–Crippen MR) is 93.1 cm³/mol. The third kappa shape index (κ3) is 6.37. The summed E-state index contributed by atoms with van der Waals surface area (Å²) >= 11 is 5.83. The number of amides is 1. The van der Waals surface area contributed by atoms with Crippen molar-refractivity contribution in [3.8, 4) is 5.75 Å². The molecule has 0 bridgehead atoms. The Kier molecular flexibility index (Phi) is 7.15. The van der Waals surface area contributed by atoms with Crippen molar-refractivity contribution in [3.05, 3.63) is 29.3 Å². The monoisotopic (exact) mass is 339 g/mol. The van der Waals surface area contributed by atoms with Gasteiger partial charge in [0.05, 0.1) is 0 Å². The highest BCUT2D eigenvalue weighted by Gasteiger charge is 2.21. The van der Waals surface area contributed by atoms with E-state index in [1.807, 2.05) is 4.90 Å². The minimum atomic E-state index is 0.0490. The van der Waals surface area contributed by atoms with Crippen molar-refractivity contribution < 1.29 is 9.53 Å². The number of piperazine rings is 1. The highest BCUT2D eigenvalue weighted by molar-refractivity contribution is 6.30. The van der Waals surface area contributed by atoms with Crippen LogP contribution >= 0.6 is 11.6 Å². The molecule has 1 heterocycles. The van der Waals surface area contributed by atoms with E-state index in [2.05, 4.69) is 23.9 Å². The number of hydrogen-bond donors (Lipinski definition) is 0. The van der Waals surface area contributed by atoms with Crippen LogP contribution in [0.1, 0.15) is 6.42 Å². The van der Waals surface area contributed by atoms with Crippen molar-refractivity contribution in [2.24, 2.45) is 0 Å². The van der Waals surface area contributed by atoms with E-state index in [0.29, 0.717) is 10.8 Å². The molecule has 0 aliphatic carbocycles. The number of nitrogens with zero attached hydrogens (tertiary/aromatic N) is 3. The molecule has 1 saturated heterocycles. The van der Waals surface area contributed by atoms with Gasteiger partial charge in [-0.05, 0) is 57.9 Å². The summed E-state index contributed by atoms with van der Waals surface area (Å²) in [5, 5.41) is 0.661. The molecule has 0 unspecified atom stereocenters. The fraction of sp³-hybridized carbons (Fsp3) is 0.588. The van der Waals surface area contributed by atoms with Crippen LogP contribution in [0.3, 0.4) is 0 Å². The van der Waals surface area contributed by atoms with Crippen LogP contribution in [-0.2, 0) is 4.79 Å². The largest absolute Gasteiger partial charge is 0.484 e. The van der Waals surface area contributed by atoms with Crippen LogP contribution in [0.4, 0.5) is 0 Å². The maximum Gasteiger partial charge on any atom is 0.260 e. The molecular formula is C17H26ClN3O2. The van der Waals surface area contributed by atoms with Crippen LogP contribution in [-0.4, -0.2) is 80.6 Å². The molecule has 1 aliphatic rings. The van der Waals surface area contributed by atoms with Gasteiger partial charge in [0.25, 0.3) is 5.91 Å². The fourth-order valence-electron chi connectivity index (χ4n) is 2.60. The van der Waals surface area contributed by atoms with Crippen LogP contribution in [0.25, 0.3) is 0 Å². The lowest BCUT2D eigenvalue weighted by Crippen LogP contribution is -2.50. The Balaban J connectivity index is 1.66. The zero-order valence-electron chi connectivity index (χ0n) is 14.0. The zero-order valence-corrected chi connectivity index (χ0v) is 14.8. The van der Waals surface area contributed by atoms with E-state index in [1.54, 1.807) is 24.3 Å². The van der Waals surface area contributed by atoms with Gasteiger partial charge in [0.1, 0.15) is 5.75 Å². The first kappa shape index (κ1) is 18.0. The second-order valence-electron chi connectivity index (χ2n) is 6.12. The molecule has 0 radical (unpaired) electrons. The van der Waals surface area contributed by atoms with Crippen molar-refractivity contribution in [1.29, 1.82) is 0 Å². The third-order valence-corrected chi connectivity index (χ3v) is 4.23. The Morgan fingerprint density at radius 3 is 2.43 bits per heavy atom. The van der Waals surface area contributed by atoms with Crippen LogP contribution in [0.5, 0.6) is 5.75 Å². The number of carbonyl (C=O) groups excluding carboxylic acids is 1. The van der Waals surface area contributed by atoms with Crippen LogP contribution < -0.4 is 4.74 Å². The molecule has 6 heteroatoms. The summed E-state index contributed by atoms with van der Waals surface area (Å²) in [5.41, 5.74) is 0. The molecule has 0 aromatic heterocycles. The third-order valence-electron chi connectivity index (χ3n) is 3.98. The van der Waals surface area contributed by atoms with E-state index in [0.717, 1.165) is 39.3 Å². The molecule has 1 aromatic carbocycles. The zero-order chi connectivity index (χ0) is 16.7. The van der Waals surface area contributed by atoms with Crippen LogP contribution in [0, 0.1) is 0 Å². The molecule has 1 aromatic rings. The van der Waals surface area contributed by atoms with Gasteiger partial charge in [-0.1, -0.05) is 11.6 Å². The van der Waals surface area contributed by atoms with Crippen molar-refractivity contribution >= 4 is 17.5 Å². The standard InChI is InChI=1S/C17H26ClN3O2/c1-19(2)8-3-9-20-10-12-21(13-11-20)17(22)14-23-16-6-4-15(18)5-7-16/h4-7H,3,8-14H2,1-2H3. The molecule has 1 aliphatic heterocycles. The Hall–Kier alpha value is -1.30. The van der Waals surface area contributed by atoms with Gasteiger partial charge in [-0.2, -0.15) is 0 Å². The molecule has 5 nitrogen and oxygen atoms in total. The second kappa shape index (κ2) is 9.11. The Morgan fingerprint density at radius 1 is 1.17 bits per heavy atom. The number of ether oxygens (including phenoxy) is 1. The van der Waals surface area contributed by atoms with Crippen LogP contribution in [0.15, 0.2) is 24.3 Å². The maximum absolute atomic E-state index is 12.2. The molecule has 0 atom stereocenters. The Labute approximate surface area is 143 Å². The fourth-order valence-corrected chi connectivity index (χ4v) is 2.72. The molecule has 1 amide bonds. The van der Waals surface area contributed by atoms with Gasteiger partial charge in [-0.25, -0.2) is 0 Å². The minimum absolute atomic E-state index is 0.0490. The number of hydrogen-bond acceptors (Lipinski definition) is 4. The van der Waals surface area contributed by atoms with E-state index < -0.39 is 0 Å². The topological polar surface area (TPSA) is 36.0 Å². The molecule has 128 valence electrons. The summed E-state index contributed by atoms with van der Waals surface area (Å²) in [6.45, 7) is 5.74. The molecule has 0 N–H and O–H groups in total. The highest BCUT2D eigenvalue weighted by Crippen LogP contribution is 2.15. The van der Waals surface area contributed by atoms with Gasteiger partial charge in [-0.3, -0.25) is 9.69 Å². The van der Waals surface area contributed by atoms with E-state index in [-0.39, 0.29) is 12.5 Å².